The Kier molecular flexibility index (Phi) is 5.27. The molecule has 4 aliphatic carbocycles. The largest absolute Gasteiger partial charge is 0.512 e. The molecule has 2 amide bonds. The van der Waals surface area contributed by atoms with Crippen LogP contribution in [0, 0.1) is 40.4 Å². The van der Waals surface area contributed by atoms with Crippen molar-refractivity contribution < 1.29 is 24.2 Å². The van der Waals surface area contributed by atoms with Gasteiger partial charge in [-0.1, -0.05) is 26.0 Å². The molecule has 6 aliphatic rings. The molecule has 2 heterocycles. The van der Waals surface area contributed by atoms with Crippen molar-refractivity contribution in [3.63, 3.8) is 0 Å². The summed E-state index contributed by atoms with van der Waals surface area (Å²) in [7, 11) is 0. The quantitative estimate of drug-likeness (QED) is 0.531. The van der Waals surface area contributed by atoms with Gasteiger partial charge in [0.25, 0.3) is 11.8 Å². The van der Waals surface area contributed by atoms with Gasteiger partial charge in [-0.2, -0.15) is 0 Å². The second kappa shape index (κ2) is 8.16. The first kappa shape index (κ1) is 23.9. The fourth-order valence-electron chi connectivity index (χ4n) is 9.96. The number of aliphatic hydroxyl groups is 1. The number of imide groups is 1. The summed E-state index contributed by atoms with van der Waals surface area (Å²) in [5.41, 5.74) is 1.16. The first-order chi connectivity index (χ1) is 17.8. The number of aliphatic hydroxyl groups excluding tert-OH is 1. The molecular formula is C31H39NO5. The van der Waals surface area contributed by atoms with Gasteiger partial charge in [0.05, 0.1) is 30.1 Å². The lowest BCUT2D eigenvalue weighted by molar-refractivity contribution is -0.268. The predicted octanol–water partition coefficient (Wildman–Crippen LogP) is 5.74. The van der Waals surface area contributed by atoms with Gasteiger partial charge in [0.1, 0.15) is 0 Å². The monoisotopic (exact) mass is 505 g/mol. The molecule has 1 N–H and O–H groups in total. The summed E-state index contributed by atoms with van der Waals surface area (Å²) in [4.78, 5) is 27.7. The van der Waals surface area contributed by atoms with E-state index in [9.17, 15) is 14.7 Å². The summed E-state index contributed by atoms with van der Waals surface area (Å²) < 4.78 is 12.8. The normalized spacial score (nSPS) is 41.8. The van der Waals surface area contributed by atoms with Crippen molar-refractivity contribution in [3.05, 3.63) is 47.2 Å². The average Bonchev–Trinajstić information content (AvgIpc) is 3.56. The van der Waals surface area contributed by atoms with Crippen molar-refractivity contribution in [3.8, 4) is 0 Å². The van der Waals surface area contributed by atoms with Gasteiger partial charge in [0.2, 0.25) is 0 Å². The highest BCUT2D eigenvalue weighted by molar-refractivity contribution is 6.21. The maximum absolute atomic E-state index is 13.1. The Morgan fingerprint density at radius 2 is 1.62 bits per heavy atom. The number of ether oxygens (including phenoxy) is 2. The number of amides is 2. The zero-order valence-corrected chi connectivity index (χ0v) is 22.1. The highest BCUT2D eigenvalue weighted by atomic mass is 16.7. The summed E-state index contributed by atoms with van der Waals surface area (Å²) in [6.45, 7) is 6.43. The van der Waals surface area contributed by atoms with Gasteiger partial charge in [0.15, 0.2) is 5.79 Å². The van der Waals surface area contributed by atoms with Crippen LogP contribution in [0.4, 0.5) is 0 Å². The van der Waals surface area contributed by atoms with Gasteiger partial charge < -0.3 is 14.6 Å². The van der Waals surface area contributed by atoms with Crippen LogP contribution in [0.25, 0.3) is 0 Å². The first-order valence-electron chi connectivity index (χ1n) is 14.4. The Morgan fingerprint density at radius 3 is 2.32 bits per heavy atom. The third-order valence-corrected chi connectivity index (χ3v) is 11.9. The molecule has 2 aliphatic heterocycles. The van der Waals surface area contributed by atoms with E-state index >= 15 is 0 Å². The summed E-state index contributed by atoms with van der Waals surface area (Å²) in [5, 5.41) is 10.7. The van der Waals surface area contributed by atoms with Crippen LogP contribution in [-0.2, 0) is 9.47 Å². The van der Waals surface area contributed by atoms with Crippen LogP contribution in [0.1, 0.15) is 85.9 Å². The third-order valence-electron chi connectivity index (χ3n) is 11.9. The van der Waals surface area contributed by atoms with Crippen molar-refractivity contribution in [2.24, 2.45) is 40.4 Å². The molecule has 6 nitrogen and oxygen atoms in total. The highest BCUT2D eigenvalue weighted by Crippen LogP contribution is 2.68. The number of carbonyl (C=O) groups is 2. The van der Waals surface area contributed by atoms with Gasteiger partial charge in [0, 0.05) is 24.3 Å². The predicted molar refractivity (Wildman–Crippen MR) is 138 cm³/mol. The molecule has 6 heteroatoms. The van der Waals surface area contributed by atoms with Crippen molar-refractivity contribution in [1.82, 2.24) is 4.90 Å². The van der Waals surface area contributed by atoms with Crippen molar-refractivity contribution >= 4 is 11.8 Å². The number of fused-ring (bicyclic) bond motifs is 6. The van der Waals surface area contributed by atoms with Crippen LogP contribution in [0.15, 0.2) is 36.1 Å². The lowest BCUT2D eigenvalue weighted by atomic mass is 9.43. The molecule has 1 spiro atoms. The third kappa shape index (κ3) is 3.18. The number of carbonyl (C=O) groups excluding carboxylic acids is 2. The molecule has 4 fully saturated rings. The summed E-state index contributed by atoms with van der Waals surface area (Å²) in [5.74, 6) is 2.07. The van der Waals surface area contributed by atoms with Crippen LogP contribution in [-0.4, -0.2) is 47.4 Å². The number of benzene rings is 1. The molecule has 37 heavy (non-hydrogen) atoms. The van der Waals surface area contributed by atoms with Crippen molar-refractivity contribution in [2.45, 2.75) is 71.0 Å². The zero-order valence-electron chi connectivity index (χ0n) is 22.1. The van der Waals surface area contributed by atoms with E-state index < -0.39 is 5.79 Å². The number of rotatable bonds is 3. The second-order valence-electron chi connectivity index (χ2n) is 13.1. The molecule has 198 valence electrons. The molecule has 1 aromatic rings. The molecular weight excluding hydrogens is 466 g/mol. The maximum Gasteiger partial charge on any atom is 0.261 e. The number of nitrogens with zero attached hydrogens (tertiary/aromatic N) is 1. The molecule has 1 aromatic carbocycles. The van der Waals surface area contributed by atoms with E-state index in [1.54, 1.807) is 12.1 Å². The molecule has 0 bridgehead atoms. The van der Waals surface area contributed by atoms with Crippen LogP contribution in [0.5, 0.6) is 0 Å². The molecule has 0 radical (unpaired) electrons. The average molecular weight is 506 g/mol. The summed E-state index contributed by atoms with van der Waals surface area (Å²) >= 11 is 0. The van der Waals surface area contributed by atoms with Crippen LogP contribution >= 0.6 is 0 Å². The van der Waals surface area contributed by atoms with E-state index in [1.807, 2.05) is 12.1 Å². The molecule has 0 aromatic heterocycles. The first-order valence-corrected chi connectivity index (χ1v) is 14.4. The van der Waals surface area contributed by atoms with Gasteiger partial charge in [-0.25, -0.2) is 0 Å². The Hall–Kier alpha value is -2.18. The Balaban J connectivity index is 1.16. The lowest BCUT2D eigenvalue weighted by Gasteiger charge is -2.63. The molecule has 1 saturated heterocycles. The fraction of sp³-hybridized carbons (Fsp3) is 0.677. The van der Waals surface area contributed by atoms with Gasteiger partial charge >= 0.3 is 0 Å². The van der Waals surface area contributed by atoms with E-state index in [0.717, 1.165) is 38.5 Å². The molecule has 5 unspecified atom stereocenters. The fourth-order valence-corrected chi connectivity index (χ4v) is 9.96. The standard InChI is InChI=1S/C31H39NO5/c1-29-14-15-31(36-17-18-37-31)25(12-16-32-27(34)19-5-3-4-6-20(19)28(32)35)24(29)8-7-21-22-9-10-26(33)30(22,2)13-11-23(21)29/h3-6,10,21-25,33H,7-9,11-18H2,1-2H3/t21?,22?,23?,24-,25-,29?,30?/m0/s1. The number of hydrogen-bond donors (Lipinski definition) is 1. The smallest absolute Gasteiger partial charge is 0.261 e. The van der Waals surface area contributed by atoms with E-state index in [4.69, 9.17) is 9.47 Å². The van der Waals surface area contributed by atoms with Gasteiger partial charge in [-0.05, 0) is 92.2 Å². The molecule has 7 rings (SSSR count). The maximum atomic E-state index is 13.1. The van der Waals surface area contributed by atoms with E-state index in [-0.39, 0.29) is 28.6 Å². The summed E-state index contributed by atoms with van der Waals surface area (Å²) in [6, 6.07) is 7.16. The minimum absolute atomic E-state index is 0.0528. The summed E-state index contributed by atoms with van der Waals surface area (Å²) in [6.07, 6.45) is 10.3. The lowest BCUT2D eigenvalue weighted by Crippen LogP contribution is -2.60. The number of allylic oxidation sites excluding steroid dienone is 2. The van der Waals surface area contributed by atoms with Crippen LogP contribution in [0.3, 0.4) is 0 Å². The van der Waals surface area contributed by atoms with Gasteiger partial charge in [-0.3, -0.25) is 14.5 Å². The minimum Gasteiger partial charge on any atom is -0.512 e. The second-order valence-corrected chi connectivity index (χ2v) is 13.1. The van der Waals surface area contributed by atoms with E-state index in [0.29, 0.717) is 66.7 Å². The minimum atomic E-state index is -0.591. The van der Waals surface area contributed by atoms with Gasteiger partial charge in [-0.15, -0.1) is 0 Å². The number of hydrogen-bond acceptors (Lipinski definition) is 5. The zero-order chi connectivity index (χ0) is 25.6. The van der Waals surface area contributed by atoms with Crippen LogP contribution < -0.4 is 0 Å². The van der Waals surface area contributed by atoms with Crippen molar-refractivity contribution in [1.29, 1.82) is 0 Å². The topological polar surface area (TPSA) is 76.1 Å². The molecule has 7 atom stereocenters. The van der Waals surface area contributed by atoms with E-state index in [1.165, 1.54) is 11.3 Å². The SMILES string of the molecule is CC12CCC3C(CC[C@H]4[C@H](CCN5C(=O)c6ccccc6C5=O)C5(CCC34C)OCCO5)C1CC=C2O. The van der Waals surface area contributed by atoms with Crippen LogP contribution in [0.2, 0.25) is 0 Å². The molecule has 3 saturated carbocycles. The van der Waals surface area contributed by atoms with E-state index in [2.05, 4.69) is 19.9 Å². The highest BCUT2D eigenvalue weighted by Gasteiger charge is 2.64. The van der Waals surface area contributed by atoms with Crippen molar-refractivity contribution in [2.75, 3.05) is 19.8 Å². The Labute approximate surface area is 219 Å². The Bertz CT molecular complexity index is 1130. The Morgan fingerprint density at radius 1 is 0.919 bits per heavy atom.